The topological polar surface area (TPSA) is 43.9 Å². The van der Waals surface area contributed by atoms with Gasteiger partial charge < -0.3 is 9.80 Å². The number of benzene rings is 1. The van der Waals surface area contributed by atoms with Crippen LogP contribution >= 0.6 is 0 Å². The molecule has 3 rings (SSSR count). The Labute approximate surface area is 150 Å². The Bertz CT molecular complexity index is 636. The van der Waals surface area contributed by atoms with Crippen LogP contribution in [-0.4, -0.2) is 65.8 Å². The van der Waals surface area contributed by atoms with Crippen molar-refractivity contribution in [3.05, 3.63) is 35.4 Å². The molecule has 2 amide bonds. The molecule has 0 bridgehead atoms. The molecule has 25 heavy (non-hydrogen) atoms. The second kappa shape index (κ2) is 7.56. The lowest BCUT2D eigenvalue weighted by atomic mass is 9.91. The first kappa shape index (κ1) is 17.9. The third-order valence-corrected chi connectivity index (χ3v) is 5.23. The molecule has 0 aromatic heterocycles. The molecular weight excluding hydrogens is 314 g/mol. The molecule has 0 spiro atoms. The summed E-state index contributed by atoms with van der Waals surface area (Å²) in [6.45, 7) is 11.0. The number of carbonyl (C=O) groups excluding carboxylic acids is 2. The van der Waals surface area contributed by atoms with Crippen molar-refractivity contribution in [2.45, 2.75) is 33.2 Å². The second-order valence-electron chi connectivity index (χ2n) is 7.58. The Morgan fingerprint density at radius 3 is 2.40 bits per heavy atom. The van der Waals surface area contributed by atoms with Crippen molar-refractivity contribution in [3.8, 4) is 0 Å². The van der Waals surface area contributed by atoms with Gasteiger partial charge in [-0.3, -0.25) is 14.5 Å². The number of amides is 2. The van der Waals surface area contributed by atoms with Crippen LogP contribution in [0.3, 0.4) is 0 Å². The summed E-state index contributed by atoms with van der Waals surface area (Å²) >= 11 is 0. The maximum Gasteiger partial charge on any atom is 0.250 e. The molecule has 1 fully saturated rings. The average molecular weight is 343 g/mol. The summed E-state index contributed by atoms with van der Waals surface area (Å²) in [4.78, 5) is 31.5. The zero-order valence-electron chi connectivity index (χ0n) is 15.6. The predicted molar refractivity (Wildman–Crippen MR) is 98.1 cm³/mol. The lowest BCUT2D eigenvalue weighted by Crippen LogP contribution is -2.54. The standard InChI is InChI=1S/C20H29N3O2/c1-15(2)14-21-10-12-22(13-11-21)20(25)19-18-7-5-4-6-17(18)8-9-23(19)16(3)24/h4-7,15,19H,8-14H2,1-3H3. The van der Waals surface area contributed by atoms with E-state index in [1.807, 2.05) is 23.1 Å². The number of hydrogen-bond acceptors (Lipinski definition) is 3. The number of carbonyl (C=O) groups is 2. The summed E-state index contributed by atoms with van der Waals surface area (Å²) in [5.74, 6) is 0.693. The van der Waals surface area contributed by atoms with E-state index in [0.29, 0.717) is 12.5 Å². The van der Waals surface area contributed by atoms with Gasteiger partial charge in [-0.2, -0.15) is 0 Å². The molecule has 5 heteroatoms. The molecule has 2 heterocycles. The molecule has 1 aromatic carbocycles. The van der Waals surface area contributed by atoms with Crippen molar-refractivity contribution < 1.29 is 9.59 Å². The van der Waals surface area contributed by atoms with Gasteiger partial charge in [-0.25, -0.2) is 0 Å². The van der Waals surface area contributed by atoms with E-state index in [9.17, 15) is 9.59 Å². The molecule has 1 saturated heterocycles. The Kier molecular flexibility index (Phi) is 5.42. The largest absolute Gasteiger partial charge is 0.338 e. The van der Waals surface area contributed by atoms with Crippen molar-refractivity contribution in [2.24, 2.45) is 5.92 Å². The van der Waals surface area contributed by atoms with Crippen LogP contribution in [0.15, 0.2) is 24.3 Å². The number of hydrogen-bond donors (Lipinski definition) is 0. The molecule has 136 valence electrons. The van der Waals surface area contributed by atoms with E-state index in [0.717, 1.165) is 44.7 Å². The summed E-state index contributed by atoms with van der Waals surface area (Å²) in [7, 11) is 0. The highest BCUT2D eigenvalue weighted by molar-refractivity contribution is 5.89. The van der Waals surface area contributed by atoms with Gasteiger partial charge in [0.1, 0.15) is 6.04 Å². The summed E-state index contributed by atoms with van der Waals surface area (Å²) in [5, 5.41) is 0. The molecule has 0 N–H and O–H groups in total. The molecule has 0 saturated carbocycles. The van der Waals surface area contributed by atoms with Crippen LogP contribution in [0.25, 0.3) is 0 Å². The van der Waals surface area contributed by atoms with Gasteiger partial charge in [0.2, 0.25) is 11.8 Å². The first-order chi connectivity index (χ1) is 12.0. The highest BCUT2D eigenvalue weighted by atomic mass is 16.2. The highest BCUT2D eigenvalue weighted by Crippen LogP contribution is 2.31. The zero-order chi connectivity index (χ0) is 18.0. The van der Waals surface area contributed by atoms with Crippen LogP contribution in [-0.2, 0) is 16.0 Å². The summed E-state index contributed by atoms with van der Waals surface area (Å²) < 4.78 is 0. The summed E-state index contributed by atoms with van der Waals surface area (Å²) in [6.07, 6.45) is 0.821. The fourth-order valence-electron chi connectivity index (χ4n) is 4.01. The maximum atomic E-state index is 13.3. The van der Waals surface area contributed by atoms with Gasteiger partial charge >= 0.3 is 0 Å². The Hall–Kier alpha value is -1.88. The van der Waals surface area contributed by atoms with Crippen LogP contribution in [0.5, 0.6) is 0 Å². The summed E-state index contributed by atoms with van der Waals surface area (Å²) in [5.41, 5.74) is 2.19. The second-order valence-corrected chi connectivity index (χ2v) is 7.58. The van der Waals surface area contributed by atoms with E-state index in [2.05, 4.69) is 24.8 Å². The van der Waals surface area contributed by atoms with Gasteiger partial charge in [-0.15, -0.1) is 0 Å². The molecule has 2 aliphatic rings. The van der Waals surface area contributed by atoms with E-state index >= 15 is 0 Å². The lowest BCUT2D eigenvalue weighted by molar-refractivity contribution is -0.147. The van der Waals surface area contributed by atoms with E-state index in [-0.39, 0.29) is 11.8 Å². The van der Waals surface area contributed by atoms with Crippen molar-refractivity contribution >= 4 is 11.8 Å². The van der Waals surface area contributed by atoms with Gasteiger partial charge in [0.25, 0.3) is 0 Å². The quantitative estimate of drug-likeness (QED) is 0.842. The Morgan fingerprint density at radius 1 is 1.08 bits per heavy atom. The van der Waals surface area contributed by atoms with Crippen LogP contribution in [0.4, 0.5) is 0 Å². The molecule has 1 atom stereocenters. The minimum atomic E-state index is -0.459. The SMILES string of the molecule is CC(=O)N1CCc2ccccc2C1C(=O)N1CCN(CC(C)C)CC1. The average Bonchev–Trinajstić information content (AvgIpc) is 2.60. The predicted octanol–water partition coefficient (Wildman–Crippen LogP) is 1.93. The third-order valence-electron chi connectivity index (χ3n) is 5.23. The molecule has 2 aliphatic heterocycles. The number of piperazine rings is 1. The first-order valence-corrected chi connectivity index (χ1v) is 9.33. The van der Waals surface area contributed by atoms with E-state index < -0.39 is 6.04 Å². The van der Waals surface area contributed by atoms with Crippen LogP contribution in [0.2, 0.25) is 0 Å². The summed E-state index contributed by atoms with van der Waals surface area (Å²) in [6, 6.07) is 7.59. The van der Waals surface area contributed by atoms with E-state index in [4.69, 9.17) is 0 Å². The minimum Gasteiger partial charge on any atom is -0.338 e. The molecule has 5 nitrogen and oxygen atoms in total. The smallest absolute Gasteiger partial charge is 0.250 e. The normalized spacial score (nSPS) is 21.4. The highest BCUT2D eigenvalue weighted by Gasteiger charge is 2.37. The molecule has 1 unspecified atom stereocenters. The first-order valence-electron chi connectivity index (χ1n) is 9.33. The van der Waals surface area contributed by atoms with Crippen molar-refractivity contribution in [2.75, 3.05) is 39.3 Å². The third kappa shape index (κ3) is 3.87. The number of rotatable bonds is 3. The molecule has 1 aromatic rings. The lowest BCUT2D eigenvalue weighted by Gasteiger charge is -2.41. The Morgan fingerprint density at radius 2 is 1.76 bits per heavy atom. The van der Waals surface area contributed by atoms with Crippen molar-refractivity contribution in [1.82, 2.24) is 14.7 Å². The molecule has 0 aliphatic carbocycles. The van der Waals surface area contributed by atoms with Gasteiger partial charge in [0.05, 0.1) is 0 Å². The number of nitrogens with zero attached hydrogens (tertiary/aromatic N) is 3. The van der Waals surface area contributed by atoms with Crippen molar-refractivity contribution in [1.29, 1.82) is 0 Å². The van der Waals surface area contributed by atoms with Crippen LogP contribution in [0, 0.1) is 5.92 Å². The van der Waals surface area contributed by atoms with Gasteiger partial charge in [0, 0.05) is 46.2 Å². The van der Waals surface area contributed by atoms with Crippen LogP contribution in [0.1, 0.15) is 37.9 Å². The fourth-order valence-corrected chi connectivity index (χ4v) is 4.01. The van der Waals surface area contributed by atoms with Gasteiger partial charge in [0.15, 0.2) is 0 Å². The minimum absolute atomic E-state index is 0.0219. The zero-order valence-corrected chi connectivity index (χ0v) is 15.6. The van der Waals surface area contributed by atoms with E-state index in [1.165, 1.54) is 5.56 Å². The molecular formula is C20H29N3O2. The monoisotopic (exact) mass is 343 g/mol. The van der Waals surface area contributed by atoms with Gasteiger partial charge in [-0.1, -0.05) is 38.1 Å². The van der Waals surface area contributed by atoms with E-state index in [1.54, 1.807) is 11.8 Å². The fraction of sp³-hybridized carbons (Fsp3) is 0.600. The Balaban J connectivity index is 1.77. The molecule has 0 radical (unpaired) electrons. The maximum absolute atomic E-state index is 13.3. The number of fused-ring (bicyclic) bond motifs is 1. The van der Waals surface area contributed by atoms with Gasteiger partial charge in [-0.05, 0) is 23.5 Å². The van der Waals surface area contributed by atoms with Crippen LogP contribution < -0.4 is 0 Å². The van der Waals surface area contributed by atoms with Crippen molar-refractivity contribution in [3.63, 3.8) is 0 Å².